The molecule has 2 heterocycles. The highest BCUT2D eigenvalue weighted by molar-refractivity contribution is 6.39. The van der Waals surface area contributed by atoms with E-state index in [-0.39, 0.29) is 79.4 Å². The number of carbonyl (C=O) groups excluding carboxylic acids is 6. The average Bonchev–Trinajstić information content (AvgIpc) is 4.10. The second kappa shape index (κ2) is 24.2. The zero-order chi connectivity index (χ0) is 43.8. The molecule has 1 aliphatic carbocycles. The Labute approximate surface area is 350 Å². The van der Waals surface area contributed by atoms with Crippen LogP contribution in [0.1, 0.15) is 119 Å². The molecule has 1 saturated carbocycles. The summed E-state index contributed by atoms with van der Waals surface area (Å²) in [4.78, 5) is 74.3. The Bertz CT molecular complexity index is 1450. The average molecular weight is 836 g/mol. The predicted molar refractivity (Wildman–Crippen MR) is 221 cm³/mol. The van der Waals surface area contributed by atoms with Crippen molar-refractivity contribution in [1.82, 2.24) is 21.4 Å². The maximum atomic E-state index is 13.3. The minimum atomic E-state index is -0.756. The third-order valence-electron chi connectivity index (χ3n) is 11.8. The first-order valence-electron chi connectivity index (χ1n) is 21.6. The van der Waals surface area contributed by atoms with Crippen molar-refractivity contribution >= 4 is 35.3 Å². The Morgan fingerprint density at radius 3 is 2.24 bits per heavy atom. The number of Topliss-reactive ketones (excluding diaryl/α,β-unsaturated/α-hetero) is 3. The maximum absolute atomic E-state index is 13.3. The summed E-state index contributed by atoms with van der Waals surface area (Å²) >= 11 is 0. The number of nitrogens with one attached hydrogen (secondary N) is 4. The molecular weight excluding hydrogens is 762 g/mol. The van der Waals surface area contributed by atoms with Gasteiger partial charge in [0.2, 0.25) is 17.5 Å². The number of ketones is 3. The van der Waals surface area contributed by atoms with E-state index in [0.717, 1.165) is 38.5 Å². The van der Waals surface area contributed by atoms with Crippen molar-refractivity contribution in [3.05, 3.63) is 11.6 Å². The van der Waals surface area contributed by atoms with Crippen molar-refractivity contribution < 1.29 is 52.5 Å². The molecule has 59 heavy (non-hydrogen) atoms. The molecule has 3 rings (SSSR count). The van der Waals surface area contributed by atoms with Gasteiger partial charge < -0.3 is 39.6 Å². The van der Waals surface area contributed by atoms with Gasteiger partial charge in [-0.05, 0) is 71.1 Å². The van der Waals surface area contributed by atoms with E-state index in [1.807, 2.05) is 27.7 Å². The van der Waals surface area contributed by atoms with Crippen molar-refractivity contribution in [2.24, 2.45) is 29.5 Å². The lowest BCUT2D eigenvalue weighted by Crippen LogP contribution is -2.55. The Kier molecular flexibility index (Phi) is 20.6. The molecule has 2 amide bonds. The first-order valence-corrected chi connectivity index (χ1v) is 21.6. The molecule has 1 spiro atoms. The fourth-order valence-electron chi connectivity index (χ4n) is 8.00. The Balaban J connectivity index is 1.25. The minimum absolute atomic E-state index is 0.0253. The Morgan fingerprint density at radius 2 is 1.61 bits per heavy atom. The number of carbonyl (C=O) groups is 6. The van der Waals surface area contributed by atoms with Gasteiger partial charge in [0.05, 0.1) is 57.3 Å². The highest BCUT2D eigenvalue weighted by Crippen LogP contribution is 2.59. The molecule has 8 atom stereocenters. The van der Waals surface area contributed by atoms with Crippen LogP contribution in [0.25, 0.3) is 0 Å². The fraction of sp³-hybridized carbons (Fsp3) is 0.814. The summed E-state index contributed by atoms with van der Waals surface area (Å²) in [7, 11) is 1.66. The molecule has 0 aromatic carbocycles. The molecule has 3 fully saturated rings. The number of nitrogens with two attached hydrogens (primary N) is 1. The van der Waals surface area contributed by atoms with E-state index in [1.54, 1.807) is 7.11 Å². The summed E-state index contributed by atoms with van der Waals surface area (Å²) in [5.41, 5.74) is 2.93. The summed E-state index contributed by atoms with van der Waals surface area (Å²) in [6.45, 7) is 14.6. The van der Waals surface area contributed by atoms with Gasteiger partial charge in [-0.25, -0.2) is 10.2 Å². The molecule has 0 bridgehead atoms. The summed E-state index contributed by atoms with van der Waals surface area (Å²) in [6, 6.07) is -0.661. The lowest BCUT2D eigenvalue weighted by atomic mass is 9.68. The fourth-order valence-corrected chi connectivity index (χ4v) is 8.00. The van der Waals surface area contributed by atoms with Crippen LogP contribution in [0.2, 0.25) is 0 Å². The van der Waals surface area contributed by atoms with Gasteiger partial charge in [0.15, 0.2) is 0 Å². The topological polar surface area (TPSA) is 229 Å². The number of epoxide rings is 2. The number of unbranched alkanes of at least 4 members (excludes halogenated alkanes) is 4. The van der Waals surface area contributed by atoms with Gasteiger partial charge in [-0.3, -0.25) is 29.8 Å². The van der Waals surface area contributed by atoms with E-state index < -0.39 is 47.9 Å². The van der Waals surface area contributed by atoms with Gasteiger partial charge in [-0.15, -0.1) is 0 Å². The summed E-state index contributed by atoms with van der Waals surface area (Å²) in [5, 5.41) is 7.92. The monoisotopic (exact) mass is 836 g/mol. The van der Waals surface area contributed by atoms with Gasteiger partial charge in [0.25, 0.3) is 0 Å². The van der Waals surface area contributed by atoms with Crippen LogP contribution < -0.4 is 27.2 Å². The summed E-state index contributed by atoms with van der Waals surface area (Å²) in [5.74, 6) is 3.08. The number of hydrogen-bond donors (Lipinski definition) is 5. The lowest BCUT2D eigenvalue weighted by Gasteiger charge is -2.42. The van der Waals surface area contributed by atoms with Crippen molar-refractivity contribution in [1.29, 1.82) is 0 Å². The smallest absolute Gasteiger partial charge is 0.407 e. The third kappa shape index (κ3) is 16.3. The molecule has 4 unspecified atom stereocenters. The van der Waals surface area contributed by atoms with Crippen LogP contribution in [0.4, 0.5) is 4.79 Å². The Hall–Kier alpha value is -3.28. The van der Waals surface area contributed by atoms with Gasteiger partial charge in [0, 0.05) is 26.0 Å². The summed E-state index contributed by atoms with van der Waals surface area (Å²) < 4.78 is 29.9. The van der Waals surface area contributed by atoms with Gasteiger partial charge in [0.1, 0.15) is 29.2 Å². The van der Waals surface area contributed by atoms with Gasteiger partial charge >= 0.3 is 12.1 Å². The molecule has 336 valence electrons. The third-order valence-corrected chi connectivity index (χ3v) is 11.8. The van der Waals surface area contributed by atoms with Crippen molar-refractivity contribution in [3.8, 4) is 0 Å². The van der Waals surface area contributed by atoms with Crippen LogP contribution in [0.15, 0.2) is 11.6 Å². The van der Waals surface area contributed by atoms with Crippen LogP contribution in [0.5, 0.6) is 0 Å². The van der Waals surface area contributed by atoms with Crippen molar-refractivity contribution in [2.45, 2.75) is 155 Å². The quantitative estimate of drug-likeness (QED) is 0.0138. The maximum Gasteiger partial charge on any atom is 0.407 e. The molecule has 2 saturated heterocycles. The molecule has 16 nitrogen and oxygen atoms in total. The number of hydrazine groups is 1. The number of methoxy groups -OCH3 is 1. The molecule has 2 aliphatic heterocycles. The molecule has 0 aromatic rings. The first kappa shape index (κ1) is 50.1. The number of ether oxygens (including phenoxy) is 5. The first-order chi connectivity index (χ1) is 28.0. The molecule has 3 aliphatic rings. The SMILES string of the molecule is COC1C(OC(=O)C[C@@H](COC(=O)NCCCCCCCC(=O)CNCC(=O)C(=O)CNC(=O)[C@H](CC(C)C)NN)C(C)C)CC[C@]2(CO2)C1C1(C)O[C@@H]1CC=C(C)C. The number of rotatable bonds is 29. The van der Waals surface area contributed by atoms with Gasteiger partial charge in [-0.1, -0.05) is 58.6 Å². The number of alkyl carbamates (subject to hydrolysis) is 1. The molecule has 6 N–H and O–H groups in total. The number of amides is 2. The van der Waals surface area contributed by atoms with E-state index in [0.29, 0.717) is 38.8 Å². The van der Waals surface area contributed by atoms with E-state index in [2.05, 4.69) is 48.2 Å². The second-order valence-electron chi connectivity index (χ2n) is 17.7. The number of allylic oxidation sites excluding steroid dienone is 1. The van der Waals surface area contributed by atoms with Crippen LogP contribution in [-0.2, 0) is 47.7 Å². The number of hydrogen-bond acceptors (Lipinski definition) is 14. The second-order valence-corrected chi connectivity index (χ2v) is 17.7. The van der Waals surface area contributed by atoms with Crippen molar-refractivity contribution in [2.75, 3.05) is 46.5 Å². The van der Waals surface area contributed by atoms with Crippen LogP contribution in [0.3, 0.4) is 0 Å². The van der Waals surface area contributed by atoms with E-state index in [9.17, 15) is 28.8 Å². The largest absolute Gasteiger partial charge is 0.460 e. The molecule has 16 heteroatoms. The predicted octanol–water partition coefficient (Wildman–Crippen LogP) is 3.63. The van der Waals surface area contributed by atoms with E-state index >= 15 is 0 Å². The van der Waals surface area contributed by atoms with Crippen LogP contribution in [-0.4, -0.2) is 117 Å². The zero-order valence-electron chi connectivity index (χ0n) is 36.8. The zero-order valence-corrected chi connectivity index (χ0v) is 36.8. The Morgan fingerprint density at radius 1 is 0.932 bits per heavy atom. The minimum Gasteiger partial charge on any atom is -0.460 e. The summed E-state index contributed by atoms with van der Waals surface area (Å²) in [6.07, 6.45) is 8.12. The van der Waals surface area contributed by atoms with Crippen molar-refractivity contribution in [3.63, 3.8) is 0 Å². The number of esters is 1. The van der Waals surface area contributed by atoms with Crippen LogP contribution >= 0.6 is 0 Å². The molecule has 0 radical (unpaired) electrons. The standard InChI is InChI=1S/C43H73N5O11/c1-27(2)15-16-36-42(7,59-36)39-38(55-8)35(17-18-43(39)26-57-43)58-37(52)21-30(29(5)6)25-56-41(54)46-19-13-11-9-10-12-14-31(49)22-45-23-33(50)34(51)24-47-40(53)32(48-44)20-28(3)4/h15,28-30,32,35-36,38-39,45,48H,9-14,16-26,44H2,1-8H3,(H,46,54)(H,47,53)/t30-,32-,35?,36+,38?,39?,42?,43-/m0/s1. The normalized spacial score (nSPS) is 25.5. The van der Waals surface area contributed by atoms with Gasteiger partial charge in [-0.2, -0.15) is 0 Å². The van der Waals surface area contributed by atoms with Crippen LogP contribution in [0, 0.1) is 23.7 Å². The lowest BCUT2D eigenvalue weighted by molar-refractivity contribution is -0.173. The molecule has 0 aromatic heterocycles. The molecular formula is C43H73N5O11. The van der Waals surface area contributed by atoms with E-state index in [4.69, 9.17) is 29.5 Å². The highest BCUT2D eigenvalue weighted by Gasteiger charge is 2.72. The highest BCUT2D eigenvalue weighted by atomic mass is 16.6. The van der Waals surface area contributed by atoms with E-state index in [1.165, 1.54) is 5.57 Å².